The van der Waals surface area contributed by atoms with Crippen LogP contribution in [0.15, 0.2) is 53.7 Å². The normalized spacial score (nSPS) is 12.2. The van der Waals surface area contributed by atoms with Crippen LogP contribution in [0, 0.1) is 11.6 Å². The number of fused-ring (bicyclic) bond motifs is 1. The molecule has 0 fully saturated rings. The van der Waals surface area contributed by atoms with Crippen molar-refractivity contribution in [3.63, 3.8) is 0 Å². The van der Waals surface area contributed by atoms with E-state index >= 15 is 0 Å². The fourth-order valence-corrected chi connectivity index (χ4v) is 6.53. The highest BCUT2D eigenvalue weighted by atomic mass is 32.2. The van der Waals surface area contributed by atoms with Gasteiger partial charge in [-0.1, -0.05) is 23.9 Å². The number of carbonyl (C=O) groups excluding carboxylic acids is 3. The lowest BCUT2D eigenvalue weighted by Crippen LogP contribution is -2.25. The number of thiophene rings is 1. The third-order valence-corrected chi connectivity index (χ3v) is 8.43. The quantitative estimate of drug-likeness (QED) is 0.197. The summed E-state index contributed by atoms with van der Waals surface area (Å²) in [5.41, 5.74) is 1.75. The molecule has 1 aliphatic rings. The van der Waals surface area contributed by atoms with Crippen molar-refractivity contribution in [2.45, 2.75) is 37.9 Å². The number of ether oxygens (including phenoxy) is 1. The van der Waals surface area contributed by atoms with Crippen LogP contribution in [-0.2, 0) is 28.9 Å². The highest BCUT2D eigenvalue weighted by Gasteiger charge is 2.28. The van der Waals surface area contributed by atoms with Crippen LogP contribution < -0.4 is 10.6 Å². The Bertz CT molecular complexity index is 1600. The highest BCUT2D eigenvalue weighted by Crippen LogP contribution is 2.39. The molecule has 2 amide bonds. The molecule has 41 heavy (non-hydrogen) atoms. The van der Waals surface area contributed by atoms with E-state index in [1.165, 1.54) is 53.8 Å². The van der Waals surface area contributed by atoms with Gasteiger partial charge in [0, 0.05) is 10.6 Å². The topological polar surface area (TPSA) is 115 Å². The summed E-state index contributed by atoms with van der Waals surface area (Å²) in [5, 5.41) is 14.6. The van der Waals surface area contributed by atoms with Gasteiger partial charge in [-0.2, -0.15) is 0 Å². The standard InChI is InChI=1S/C28H25F2N5O4S2/c1-2-39-27(38)24-19-7-5-9-21(19)41-26(24)32-23(36)15-40-28-34-33-22(35(28)17-12-10-16(29)11-13-17)14-31-25(37)18-6-3-4-8-20(18)30/h3-4,6,8,10-13H,2,5,7,9,14-15H2,1H3,(H,31,37)(H,32,36). The number of thioether (sulfide) groups is 1. The van der Waals surface area contributed by atoms with E-state index in [0.29, 0.717) is 27.2 Å². The van der Waals surface area contributed by atoms with E-state index in [0.717, 1.165) is 41.5 Å². The molecule has 0 aliphatic heterocycles. The lowest BCUT2D eigenvalue weighted by molar-refractivity contribution is -0.113. The van der Waals surface area contributed by atoms with Gasteiger partial charge in [0.1, 0.15) is 16.6 Å². The molecule has 0 bridgehead atoms. The minimum absolute atomic E-state index is 0.0637. The van der Waals surface area contributed by atoms with Crippen molar-refractivity contribution in [3.8, 4) is 5.69 Å². The van der Waals surface area contributed by atoms with Gasteiger partial charge >= 0.3 is 5.97 Å². The van der Waals surface area contributed by atoms with Crippen LogP contribution in [0.5, 0.6) is 0 Å². The molecule has 0 spiro atoms. The Morgan fingerprint density at radius 1 is 1.07 bits per heavy atom. The van der Waals surface area contributed by atoms with E-state index in [-0.39, 0.29) is 30.4 Å². The van der Waals surface area contributed by atoms with E-state index in [1.807, 2.05) is 0 Å². The predicted octanol–water partition coefficient (Wildman–Crippen LogP) is 4.93. The molecule has 0 saturated heterocycles. The van der Waals surface area contributed by atoms with Gasteiger partial charge in [-0.15, -0.1) is 21.5 Å². The molecule has 5 rings (SSSR count). The van der Waals surface area contributed by atoms with E-state index in [2.05, 4.69) is 20.8 Å². The molecule has 2 aromatic heterocycles. The van der Waals surface area contributed by atoms with Crippen molar-refractivity contribution in [1.29, 1.82) is 0 Å². The van der Waals surface area contributed by atoms with Crippen molar-refractivity contribution in [2.75, 3.05) is 17.7 Å². The molecule has 2 N–H and O–H groups in total. The molecule has 13 heteroatoms. The summed E-state index contributed by atoms with van der Waals surface area (Å²) in [6, 6.07) is 11.2. The fraction of sp³-hybridized carbons (Fsp3) is 0.250. The molecule has 0 radical (unpaired) electrons. The van der Waals surface area contributed by atoms with E-state index < -0.39 is 23.5 Å². The number of rotatable bonds is 10. The second-order valence-electron chi connectivity index (χ2n) is 8.99. The second-order valence-corrected chi connectivity index (χ2v) is 11.0. The van der Waals surface area contributed by atoms with E-state index in [1.54, 1.807) is 17.6 Å². The van der Waals surface area contributed by atoms with Crippen LogP contribution in [0.2, 0.25) is 0 Å². The molecule has 0 saturated carbocycles. The molecule has 212 valence electrons. The molecule has 0 unspecified atom stereocenters. The maximum absolute atomic E-state index is 14.0. The Balaban J connectivity index is 1.32. The maximum Gasteiger partial charge on any atom is 0.341 e. The maximum atomic E-state index is 14.0. The number of nitrogens with one attached hydrogen (secondary N) is 2. The third-order valence-electron chi connectivity index (χ3n) is 6.30. The summed E-state index contributed by atoms with van der Waals surface area (Å²) in [4.78, 5) is 39.2. The molecule has 4 aromatic rings. The molecule has 2 heterocycles. The van der Waals surface area contributed by atoms with Crippen LogP contribution in [0.25, 0.3) is 5.69 Å². The first-order chi connectivity index (χ1) is 19.9. The molecule has 9 nitrogen and oxygen atoms in total. The van der Waals surface area contributed by atoms with Crippen molar-refractivity contribution < 1.29 is 27.9 Å². The first-order valence-corrected chi connectivity index (χ1v) is 14.6. The number of carbonyl (C=O) groups is 3. The Hall–Kier alpha value is -4.10. The molecule has 1 aliphatic carbocycles. The van der Waals surface area contributed by atoms with E-state index in [4.69, 9.17) is 4.74 Å². The largest absolute Gasteiger partial charge is 0.462 e. The number of hydrogen-bond acceptors (Lipinski definition) is 8. The smallest absolute Gasteiger partial charge is 0.341 e. The van der Waals surface area contributed by atoms with Crippen LogP contribution >= 0.6 is 23.1 Å². The minimum Gasteiger partial charge on any atom is -0.462 e. The number of nitrogens with zero attached hydrogens (tertiary/aromatic N) is 3. The molecular formula is C28H25F2N5O4S2. The fourth-order valence-electron chi connectivity index (χ4n) is 4.46. The molecular weight excluding hydrogens is 572 g/mol. The van der Waals surface area contributed by atoms with Gasteiger partial charge in [-0.05, 0) is 68.1 Å². The van der Waals surface area contributed by atoms with Crippen LogP contribution in [0.1, 0.15) is 50.3 Å². The van der Waals surface area contributed by atoms with Gasteiger partial charge in [0.05, 0.1) is 30.0 Å². The molecule has 2 aromatic carbocycles. The van der Waals surface area contributed by atoms with Crippen molar-refractivity contribution in [2.24, 2.45) is 0 Å². The zero-order chi connectivity index (χ0) is 28.9. The Labute approximate surface area is 242 Å². The van der Waals surface area contributed by atoms with Gasteiger partial charge in [0.25, 0.3) is 5.91 Å². The lowest BCUT2D eigenvalue weighted by Gasteiger charge is -2.11. The predicted molar refractivity (Wildman–Crippen MR) is 151 cm³/mol. The number of halogens is 2. The summed E-state index contributed by atoms with van der Waals surface area (Å²) in [5.74, 6) is -2.31. The number of esters is 1. The number of hydrogen-bond donors (Lipinski definition) is 2. The van der Waals surface area contributed by atoms with Crippen LogP contribution in [0.3, 0.4) is 0 Å². The Kier molecular flexibility index (Phi) is 8.74. The third kappa shape index (κ3) is 6.30. The summed E-state index contributed by atoms with van der Waals surface area (Å²) in [7, 11) is 0. The van der Waals surface area contributed by atoms with E-state index in [9.17, 15) is 23.2 Å². The lowest BCUT2D eigenvalue weighted by atomic mass is 10.1. The average molecular weight is 598 g/mol. The SMILES string of the molecule is CCOC(=O)c1c(NC(=O)CSc2nnc(CNC(=O)c3ccccc3F)n2-c2ccc(F)cc2)sc2c1CCC2. The van der Waals surface area contributed by atoms with Gasteiger partial charge in [0.15, 0.2) is 11.0 Å². The van der Waals surface area contributed by atoms with Gasteiger partial charge in [-0.25, -0.2) is 13.6 Å². The van der Waals surface area contributed by atoms with Crippen molar-refractivity contribution in [1.82, 2.24) is 20.1 Å². The van der Waals surface area contributed by atoms with Gasteiger partial charge < -0.3 is 15.4 Å². The van der Waals surface area contributed by atoms with Crippen molar-refractivity contribution in [3.05, 3.63) is 87.6 Å². The Morgan fingerprint density at radius 2 is 1.85 bits per heavy atom. The number of aromatic nitrogens is 3. The number of anilines is 1. The van der Waals surface area contributed by atoms with Gasteiger partial charge in [-0.3, -0.25) is 14.2 Å². The summed E-state index contributed by atoms with van der Waals surface area (Å²) in [6.07, 6.45) is 2.58. The molecule has 0 atom stereocenters. The van der Waals surface area contributed by atoms with Crippen LogP contribution in [-0.4, -0.2) is 44.9 Å². The first-order valence-electron chi connectivity index (χ1n) is 12.8. The monoisotopic (exact) mass is 597 g/mol. The van der Waals surface area contributed by atoms with Gasteiger partial charge in [0.2, 0.25) is 5.91 Å². The zero-order valence-electron chi connectivity index (χ0n) is 21.9. The number of amides is 2. The average Bonchev–Trinajstić information content (AvgIpc) is 3.66. The summed E-state index contributed by atoms with van der Waals surface area (Å²) >= 11 is 2.47. The second kappa shape index (κ2) is 12.6. The van der Waals surface area contributed by atoms with Crippen molar-refractivity contribution >= 4 is 45.9 Å². The van der Waals surface area contributed by atoms with Crippen LogP contribution in [0.4, 0.5) is 13.8 Å². The highest BCUT2D eigenvalue weighted by molar-refractivity contribution is 7.99. The summed E-state index contributed by atoms with van der Waals surface area (Å²) in [6.45, 7) is 1.86. The zero-order valence-corrected chi connectivity index (χ0v) is 23.5. The number of aryl methyl sites for hydroxylation is 1. The minimum atomic E-state index is -0.658. The first kappa shape index (κ1) is 28.4. The Morgan fingerprint density at radius 3 is 2.61 bits per heavy atom. The summed E-state index contributed by atoms with van der Waals surface area (Å²) < 4.78 is 34.5. The number of benzene rings is 2.